The van der Waals surface area contributed by atoms with E-state index >= 15 is 0 Å². The zero-order chi connectivity index (χ0) is 37.2. The van der Waals surface area contributed by atoms with Crippen LogP contribution in [0, 0.1) is 11.3 Å². The topological polar surface area (TPSA) is 200 Å². The maximum absolute atomic E-state index is 13.8. The van der Waals surface area contributed by atoms with E-state index in [4.69, 9.17) is 26.7 Å². The Balaban J connectivity index is 1.15. The van der Waals surface area contributed by atoms with Crippen molar-refractivity contribution in [1.29, 1.82) is 5.41 Å². The van der Waals surface area contributed by atoms with E-state index in [1.54, 1.807) is 35.4 Å². The van der Waals surface area contributed by atoms with E-state index in [1.165, 1.54) is 11.9 Å². The molecule has 0 saturated carbocycles. The molecule has 1 aromatic carbocycles. The maximum atomic E-state index is 13.8. The van der Waals surface area contributed by atoms with Crippen LogP contribution < -0.4 is 21.1 Å². The molecule has 52 heavy (non-hydrogen) atoms. The summed E-state index contributed by atoms with van der Waals surface area (Å²) < 4.78 is 5.55. The first kappa shape index (κ1) is 38.5. The molecule has 4 heterocycles. The Labute approximate surface area is 317 Å². The van der Waals surface area contributed by atoms with Crippen molar-refractivity contribution >= 4 is 69.4 Å². The van der Waals surface area contributed by atoms with Crippen LogP contribution in [0.1, 0.15) is 49.1 Å². The van der Waals surface area contributed by atoms with Gasteiger partial charge in [0.1, 0.15) is 27.8 Å². The van der Waals surface area contributed by atoms with Crippen molar-refractivity contribution in [3.63, 3.8) is 0 Å². The first-order chi connectivity index (χ1) is 25.1. The molecule has 1 fully saturated rings. The zero-order valence-electron chi connectivity index (χ0n) is 29.4. The van der Waals surface area contributed by atoms with E-state index in [1.807, 2.05) is 47.9 Å². The fourth-order valence-corrected chi connectivity index (χ4v) is 6.40. The van der Waals surface area contributed by atoms with Crippen LogP contribution in [0.5, 0.6) is 5.88 Å². The number of hydrogen-bond donors (Lipinski definition) is 4. The molecule has 5 rings (SSSR count). The van der Waals surface area contributed by atoms with Crippen molar-refractivity contribution < 1.29 is 19.4 Å². The number of aliphatic imine (C=N–C) groups is 2. The van der Waals surface area contributed by atoms with Gasteiger partial charge in [0, 0.05) is 49.6 Å². The Hall–Kier alpha value is -4.74. The number of halogens is 1. The molecule has 0 radical (unpaired) electrons. The van der Waals surface area contributed by atoms with Gasteiger partial charge in [-0.2, -0.15) is 0 Å². The third kappa shape index (κ3) is 9.77. The van der Waals surface area contributed by atoms with Crippen LogP contribution in [0.15, 0.2) is 70.8 Å². The lowest BCUT2D eigenvalue weighted by atomic mass is 9.98. The minimum atomic E-state index is -0.283. The number of carbonyl (C=O) groups excluding carboxylic acids is 2. The summed E-state index contributed by atoms with van der Waals surface area (Å²) in [5, 5.41) is 17.6. The molecule has 2 aliphatic rings. The number of anilines is 2. The van der Waals surface area contributed by atoms with E-state index in [0.29, 0.717) is 67.9 Å². The van der Waals surface area contributed by atoms with Crippen LogP contribution in [0.4, 0.5) is 11.5 Å². The predicted octanol–water partition coefficient (Wildman–Crippen LogP) is 3.35. The summed E-state index contributed by atoms with van der Waals surface area (Å²) in [7, 11) is 0. The van der Waals surface area contributed by atoms with Crippen molar-refractivity contribution in [3.05, 3.63) is 83.2 Å². The highest BCUT2D eigenvalue weighted by Gasteiger charge is 2.34. The fraction of sp³-hybridized carbons (Fsp3) is 0.378. The largest absolute Gasteiger partial charge is 0.464 e. The third-order valence-electron chi connectivity index (χ3n) is 8.92. The second kappa shape index (κ2) is 18.1. The molecule has 2 aromatic heterocycles. The fourth-order valence-electron chi connectivity index (χ4n) is 6.14. The van der Waals surface area contributed by atoms with Crippen LogP contribution in [-0.4, -0.2) is 111 Å². The molecule has 15 heteroatoms. The summed E-state index contributed by atoms with van der Waals surface area (Å²) in [5.74, 6) is 0.919. The third-order valence-corrected chi connectivity index (χ3v) is 9.17. The Morgan fingerprint density at radius 1 is 1.17 bits per heavy atom. The molecule has 0 spiro atoms. The highest BCUT2D eigenvalue weighted by Crippen LogP contribution is 2.26. The number of hydrogen-bond acceptors (Lipinski definition) is 10. The van der Waals surface area contributed by atoms with Gasteiger partial charge in [0.15, 0.2) is 0 Å². The number of amidine groups is 1. The van der Waals surface area contributed by atoms with Crippen molar-refractivity contribution in [3.8, 4) is 5.88 Å². The number of aromatic nitrogens is 2. The quantitative estimate of drug-likeness (QED) is 0.0816. The SMILES string of the molecule is CCN(C(=O)[C@@H]1CCN(CC(=O)N2CC=C(c3ccc(C(N)=NC=NCCO)cc3)CC2)C1)c1ccc(N)c(C(=N)c2ccc(OC(C)I)nc2)n1. The molecule has 2 amide bonds. The van der Waals surface area contributed by atoms with Gasteiger partial charge in [0.25, 0.3) is 0 Å². The lowest BCUT2D eigenvalue weighted by Gasteiger charge is -2.29. The van der Waals surface area contributed by atoms with Crippen LogP contribution in [0.3, 0.4) is 0 Å². The van der Waals surface area contributed by atoms with Gasteiger partial charge in [-0.15, -0.1) is 0 Å². The molecular formula is C37H45IN10O4. The molecule has 1 unspecified atom stereocenters. The average Bonchev–Trinajstić information content (AvgIpc) is 3.62. The maximum Gasteiger partial charge on any atom is 0.237 e. The Morgan fingerprint density at radius 3 is 2.60 bits per heavy atom. The minimum absolute atomic E-state index is 0.0397. The van der Waals surface area contributed by atoms with Gasteiger partial charge < -0.3 is 26.2 Å². The molecule has 3 aromatic rings. The number of ether oxygens (including phenoxy) is 1. The molecule has 0 aliphatic carbocycles. The number of nitrogens with zero attached hydrogens (tertiary/aromatic N) is 7. The number of nitrogens with two attached hydrogens (primary N) is 2. The molecule has 2 aliphatic heterocycles. The second-order valence-electron chi connectivity index (χ2n) is 12.5. The summed E-state index contributed by atoms with van der Waals surface area (Å²) >= 11 is 2.14. The molecule has 6 N–H and O–H groups in total. The lowest BCUT2D eigenvalue weighted by Crippen LogP contribution is -2.42. The highest BCUT2D eigenvalue weighted by molar-refractivity contribution is 14.1. The van der Waals surface area contributed by atoms with Crippen LogP contribution in [0.25, 0.3) is 5.57 Å². The number of aliphatic hydroxyl groups is 1. The number of benzene rings is 1. The first-order valence-corrected chi connectivity index (χ1v) is 18.5. The smallest absolute Gasteiger partial charge is 0.237 e. The summed E-state index contributed by atoms with van der Waals surface area (Å²) in [6, 6.07) is 14.6. The summed E-state index contributed by atoms with van der Waals surface area (Å²) in [6.45, 7) is 6.95. The van der Waals surface area contributed by atoms with E-state index < -0.39 is 0 Å². The van der Waals surface area contributed by atoms with Gasteiger partial charge in [-0.1, -0.05) is 30.3 Å². The summed E-state index contributed by atoms with van der Waals surface area (Å²) in [4.78, 5) is 49.6. The van der Waals surface area contributed by atoms with Crippen LogP contribution >= 0.6 is 22.6 Å². The molecule has 274 valence electrons. The molecular weight excluding hydrogens is 775 g/mol. The van der Waals surface area contributed by atoms with Crippen LogP contribution in [0.2, 0.25) is 0 Å². The number of nitrogen functional groups attached to an aromatic ring is 1. The van der Waals surface area contributed by atoms with Gasteiger partial charge in [-0.25, -0.2) is 15.0 Å². The Bertz CT molecular complexity index is 1830. The zero-order valence-corrected chi connectivity index (χ0v) is 31.6. The minimum Gasteiger partial charge on any atom is -0.464 e. The van der Waals surface area contributed by atoms with Gasteiger partial charge in [0.05, 0.1) is 37.0 Å². The van der Waals surface area contributed by atoms with Crippen LogP contribution in [-0.2, 0) is 9.59 Å². The molecule has 2 atom stereocenters. The Kier molecular flexibility index (Phi) is 13.4. The van der Waals surface area contributed by atoms with E-state index in [9.17, 15) is 9.59 Å². The number of aliphatic hydroxyl groups excluding tert-OH is 1. The van der Waals surface area contributed by atoms with Crippen molar-refractivity contribution in [2.45, 2.75) is 30.8 Å². The molecule has 0 bridgehead atoms. The van der Waals surface area contributed by atoms with E-state index in [2.05, 4.69) is 48.6 Å². The monoisotopic (exact) mass is 820 g/mol. The van der Waals surface area contributed by atoms with Crippen molar-refractivity contribution in [2.75, 3.05) is 63.1 Å². The number of nitrogens with one attached hydrogen (secondary N) is 1. The molecule has 14 nitrogen and oxygen atoms in total. The summed E-state index contributed by atoms with van der Waals surface area (Å²) in [5.41, 5.74) is 16.5. The highest BCUT2D eigenvalue weighted by atomic mass is 127. The van der Waals surface area contributed by atoms with Crippen molar-refractivity contribution in [2.24, 2.45) is 21.6 Å². The van der Waals surface area contributed by atoms with Gasteiger partial charge in [-0.05, 0) is 85.2 Å². The van der Waals surface area contributed by atoms with Gasteiger partial charge in [-0.3, -0.25) is 29.8 Å². The number of alkyl halides is 1. The predicted molar refractivity (Wildman–Crippen MR) is 212 cm³/mol. The van der Waals surface area contributed by atoms with E-state index in [-0.39, 0.29) is 52.9 Å². The number of amides is 2. The summed E-state index contributed by atoms with van der Waals surface area (Å²) in [6.07, 6.45) is 6.36. The van der Waals surface area contributed by atoms with E-state index in [0.717, 1.165) is 17.5 Å². The number of carbonyl (C=O) groups is 2. The first-order valence-electron chi connectivity index (χ1n) is 17.2. The number of likely N-dealkylation sites (tertiary alicyclic amines) is 1. The van der Waals surface area contributed by atoms with Crippen molar-refractivity contribution in [1.82, 2.24) is 19.8 Å². The number of rotatable bonds is 14. The number of pyridine rings is 2. The normalized spacial score (nSPS) is 17.2. The standard InChI is InChI=1S/C37H45IN10O4/c1-3-48(31-10-9-30(39)35(45-31)34(40)28-8-11-32(43-20-28)52-24(2)38)37(51)29-12-16-46(21-29)22-33(50)47-17-13-26(14-18-47)25-4-6-27(7-5-25)36(41)44-23-42-15-19-49/h4-11,13,20,23-24,29,40,49H,3,12,14-19,21-22,39H2,1-2H3,(H2,41,42,44)/t24?,29-/m1/s1. The molecule has 1 saturated heterocycles. The Morgan fingerprint density at radius 2 is 1.94 bits per heavy atom. The van der Waals surface area contributed by atoms with Gasteiger partial charge >= 0.3 is 0 Å². The lowest BCUT2D eigenvalue weighted by molar-refractivity contribution is -0.132. The average molecular weight is 821 g/mol. The van der Waals surface area contributed by atoms with Gasteiger partial charge in [0.2, 0.25) is 17.7 Å². The second-order valence-corrected chi connectivity index (χ2v) is 14.2.